The number of aromatic nitrogens is 1. The van der Waals surface area contributed by atoms with Crippen LogP contribution in [0.25, 0.3) is 0 Å². The van der Waals surface area contributed by atoms with Crippen LogP contribution >= 0.6 is 11.3 Å². The summed E-state index contributed by atoms with van der Waals surface area (Å²) in [5, 5.41) is 7.60. The Kier molecular flexibility index (Phi) is 7.72. The van der Waals surface area contributed by atoms with Crippen molar-refractivity contribution in [1.29, 1.82) is 0 Å². The smallest absolute Gasteiger partial charge is 0.191 e. The van der Waals surface area contributed by atoms with Gasteiger partial charge in [-0.15, -0.1) is 11.3 Å². The van der Waals surface area contributed by atoms with Crippen molar-refractivity contribution < 1.29 is 9.47 Å². The highest BCUT2D eigenvalue weighted by molar-refractivity contribution is 7.11. The Morgan fingerprint density at radius 2 is 1.88 bits per heavy atom. The zero-order valence-electron chi connectivity index (χ0n) is 16.1. The molecule has 1 atom stereocenters. The minimum Gasteiger partial charge on any atom is -0.497 e. The Balaban J connectivity index is 1.86. The maximum atomic E-state index is 5.91. The van der Waals surface area contributed by atoms with Gasteiger partial charge in [-0.1, -0.05) is 0 Å². The first kappa shape index (κ1) is 20.0. The fraction of sp³-hybridized carbons (Fsp3) is 0.474. The molecule has 142 valence electrons. The van der Waals surface area contributed by atoms with Gasteiger partial charge in [0.25, 0.3) is 0 Å². The lowest BCUT2D eigenvalue weighted by atomic mass is 10.3. The van der Waals surface area contributed by atoms with Crippen LogP contribution in [0.3, 0.4) is 0 Å². The number of thiazole rings is 1. The fourth-order valence-corrected chi connectivity index (χ4v) is 3.12. The first-order valence-corrected chi connectivity index (χ1v) is 9.59. The van der Waals surface area contributed by atoms with Crippen LogP contribution < -0.4 is 20.1 Å². The van der Waals surface area contributed by atoms with Gasteiger partial charge in [-0.3, -0.25) is 0 Å². The van der Waals surface area contributed by atoms with E-state index >= 15 is 0 Å². The number of hydrogen-bond acceptors (Lipinski definition) is 5. The molecular weight excluding hydrogens is 348 g/mol. The second-order valence-corrected chi connectivity index (χ2v) is 7.22. The molecule has 0 fully saturated rings. The number of guanidine groups is 1. The third-order valence-electron chi connectivity index (χ3n) is 3.74. The van der Waals surface area contributed by atoms with E-state index < -0.39 is 0 Å². The normalized spacial score (nSPS) is 12.6. The Morgan fingerprint density at radius 3 is 2.46 bits per heavy atom. The molecule has 1 unspecified atom stereocenters. The molecule has 0 saturated heterocycles. The van der Waals surface area contributed by atoms with Crippen LogP contribution in [-0.4, -0.2) is 37.2 Å². The molecule has 1 heterocycles. The summed E-state index contributed by atoms with van der Waals surface area (Å²) < 4.78 is 11.1. The van der Waals surface area contributed by atoms with Gasteiger partial charge in [0.2, 0.25) is 0 Å². The van der Waals surface area contributed by atoms with E-state index in [1.807, 2.05) is 45.0 Å². The lowest BCUT2D eigenvalue weighted by molar-refractivity contribution is 0.223. The summed E-state index contributed by atoms with van der Waals surface area (Å²) in [5.41, 5.74) is 1.08. The lowest BCUT2D eigenvalue weighted by Gasteiger charge is -2.17. The third-order valence-corrected chi connectivity index (χ3v) is 4.80. The molecule has 0 saturated carbocycles. The van der Waals surface area contributed by atoms with E-state index in [0.29, 0.717) is 13.1 Å². The van der Waals surface area contributed by atoms with E-state index in [0.717, 1.165) is 34.7 Å². The third kappa shape index (κ3) is 6.22. The minimum absolute atomic E-state index is 0.00315. The molecule has 2 aromatic rings. The van der Waals surface area contributed by atoms with Crippen LogP contribution in [0, 0.1) is 13.8 Å². The summed E-state index contributed by atoms with van der Waals surface area (Å²) >= 11 is 1.69. The number of ether oxygens (including phenoxy) is 2. The monoisotopic (exact) mass is 376 g/mol. The highest BCUT2D eigenvalue weighted by Crippen LogP contribution is 2.18. The van der Waals surface area contributed by atoms with Crippen LogP contribution in [0.5, 0.6) is 11.5 Å². The van der Waals surface area contributed by atoms with E-state index in [-0.39, 0.29) is 6.10 Å². The lowest BCUT2D eigenvalue weighted by Crippen LogP contribution is -2.41. The Morgan fingerprint density at radius 1 is 1.19 bits per heavy atom. The zero-order chi connectivity index (χ0) is 18.9. The fourth-order valence-electron chi connectivity index (χ4n) is 2.26. The van der Waals surface area contributed by atoms with E-state index in [9.17, 15) is 0 Å². The van der Waals surface area contributed by atoms with Crippen LogP contribution in [-0.2, 0) is 6.54 Å². The predicted octanol–water partition coefficient (Wildman–Crippen LogP) is 3.29. The largest absolute Gasteiger partial charge is 0.497 e. The Hall–Kier alpha value is -2.28. The summed E-state index contributed by atoms with van der Waals surface area (Å²) in [6.07, 6.45) is -0.00315. The van der Waals surface area contributed by atoms with E-state index in [2.05, 4.69) is 27.5 Å². The van der Waals surface area contributed by atoms with Gasteiger partial charge in [-0.2, -0.15) is 0 Å². The molecule has 0 aliphatic carbocycles. The molecule has 0 radical (unpaired) electrons. The summed E-state index contributed by atoms with van der Waals surface area (Å²) in [7, 11) is 1.65. The summed E-state index contributed by atoms with van der Waals surface area (Å²) in [6.45, 7) is 10.2. The van der Waals surface area contributed by atoms with E-state index in [4.69, 9.17) is 9.47 Å². The van der Waals surface area contributed by atoms with Crippen molar-refractivity contribution in [2.24, 2.45) is 4.99 Å². The molecule has 0 amide bonds. The quantitative estimate of drug-likeness (QED) is 0.547. The number of hydrogen-bond donors (Lipinski definition) is 2. The second-order valence-electron chi connectivity index (χ2n) is 5.93. The van der Waals surface area contributed by atoms with Gasteiger partial charge < -0.3 is 20.1 Å². The first-order valence-electron chi connectivity index (χ1n) is 8.77. The topological polar surface area (TPSA) is 67.8 Å². The molecule has 1 aromatic heterocycles. The van der Waals surface area contributed by atoms with E-state index in [1.54, 1.807) is 18.4 Å². The van der Waals surface area contributed by atoms with Gasteiger partial charge in [0.1, 0.15) is 22.6 Å². The van der Waals surface area contributed by atoms with Crippen molar-refractivity contribution >= 4 is 17.3 Å². The van der Waals surface area contributed by atoms with E-state index in [1.165, 1.54) is 4.88 Å². The summed E-state index contributed by atoms with van der Waals surface area (Å²) in [4.78, 5) is 10.4. The molecule has 0 aliphatic heterocycles. The second kappa shape index (κ2) is 10.0. The standard InChI is InChI=1S/C19H28N4O2S/c1-6-20-19(22-12-18-23-14(3)15(4)26-18)21-11-13(2)25-17-9-7-16(24-5)8-10-17/h7-10,13H,6,11-12H2,1-5H3,(H2,20,21,22). The zero-order valence-corrected chi connectivity index (χ0v) is 16.9. The number of nitrogens with zero attached hydrogens (tertiary/aromatic N) is 2. The van der Waals surface area contributed by atoms with Crippen LogP contribution in [0.15, 0.2) is 29.3 Å². The summed E-state index contributed by atoms with van der Waals surface area (Å²) in [6, 6.07) is 7.58. The number of benzene rings is 1. The number of aliphatic imine (C=N–C) groups is 1. The number of rotatable bonds is 8. The molecule has 7 heteroatoms. The Labute approximate surface area is 159 Å². The highest BCUT2D eigenvalue weighted by atomic mass is 32.1. The maximum absolute atomic E-state index is 5.91. The Bertz CT molecular complexity index is 693. The van der Waals surface area contributed by atoms with Gasteiger partial charge in [0, 0.05) is 11.4 Å². The molecule has 6 nitrogen and oxygen atoms in total. The van der Waals surface area contributed by atoms with Crippen molar-refractivity contribution in [3.05, 3.63) is 39.8 Å². The molecule has 0 aliphatic rings. The molecule has 0 spiro atoms. The van der Waals surface area contributed by atoms with Gasteiger partial charge >= 0.3 is 0 Å². The van der Waals surface area contributed by atoms with Gasteiger partial charge in [0.05, 0.1) is 25.9 Å². The minimum atomic E-state index is -0.00315. The van der Waals surface area contributed by atoms with Crippen molar-refractivity contribution in [3.63, 3.8) is 0 Å². The molecular formula is C19H28N4O2S. The van der Waals surface area contributed by atoms with Crippen molar-refractivity contribution in [3.8, 4) is 11.5 Å². The van der Waals surface area contributed by atoms with Gasteiger partial charge in [-0.25, -0.2) is 9.98 Å². The van der Waals surface area contributed by atoms with Crippen LogP contribution in [0.2, 0.25) is 0 Å². The number of methoxy groups -OCH3 is 1. The van der Waals surface area contributed by atoms with Gasteiger partial charge in [-0.05, 0) is 52.0 Å². The van der Waals surface area contributed by atoms with Crippen LogP contribution in [0.4, 0.5) is 0 Å². The molecule has 2 N–H and O–H groups in total. The molecule has 26 heavy (non-hydrogen) atoms. The van der Waals surface area contributed by atoms with Crippen molar-refractivity contribution in [2.75, 3.05) is 20.2 Å². The SMILES string of the molecule is CCNC(=NCc1nc(C)c(C)s1)NCC(C)Oc1ccc(OC)cc1. The average Bonchev–Trinajstić information content (AvgIpc) is 2.96. The predicted molar refractivity (Wildman–Crippen MR) is 107 cm³/mol. The number of aryl methyl sites for hydroxylation is 2. The molecule has 1 aromatic carbocycles. The maximum Gasteiger partial charge on any atom is 0.191 e. The van der Waals surface area contributed by atoms with Crippen molar-refractivity contribution in [1.82, 2.24) is 15.6 Å². The first-order chi connectivity index (χ1) is 12.5. The van der Waals surface area contributed by atoms with Crippen molar-refractivity contribution in [2.45, 2.75) is 40.3 Å². The molecule has 2 rings (SSSR count). The summed E-state index contributed by atoms with van der Waals surface area (Å²) in [5.74, 6) is 2.40. The van der Waals surface area contributed by atoms with Crippen LogP contribution in [0.1, 0.15) is 29.4 Å². The molecule has 0 bridgehead atoms. The average molecular weight is 377 g/mol. The highest BCUT2D eigenvalue weighted by Gasteiger charge is 2.07. The van der Waals surface area contributed by atoms with Gasteiger partial charge in [0.15, 0.2) is 5.96 Å². The number of nitrogens with one attached hydrogen (secondary N) is 2.